The van der Waals surface area contributed by atoms with Crippen molar-refractivity contribution in [2.24, 2.45) is 11.8 Å². The van der Waals surface area contributed by atoms with Gasteiger partial charge in [0.25, 0.3) is 0 Å². The van der Waals surface area contributed by atoms with Crippen LogP contribution in [0.5, 0.6) is 0 Å². The third-order valence-electron chi connectivity index (χ3n) is 6.91. The van der Waals surface area contributed by atoms with E-state index in [-0.39, 0.29) is 0 Å². The molecule has 2 fully saturated rings. The summed E-state index contributed by atoms with van der Waals surface area (Å²) in [6.45, 7) is 11.7. The van der Waals surface area contributed by atoms with Crippen LogP contribution in [-0.4, -0.2) is 56.8 Å². The van der Waals surface area contributed by atoms with E-state index in [2.05, 4.69) is 38.4 Å². The van der Waals surface area contributed by atoms with E-state index in [4.69, 9.17) is 0 Å². The predicted molar refractivity (Wildman–Crippen MR) is 100 cm³/mol. The first-order chi connectivity index (χ1) is 12.2. The van der Waals surface area contributed by atoms with Crippen LogP contribution < -0.4 is 0 Å². The van der Waals surface area contributed by atoms with E-state index in [1.54, 1.807) is 0 Å². The molecule has 1 aliphatic carbocycles. The van der Waals surface area contributed by atoms with E-state index in [0.29, 0.717) is 0 Å². The Hall–Kier alpha value is -0.940. The lowest BCUT2D eigenvalue weighted by Gasteiger charge is -2.42. The highest BCUT2D eigenvalue weighted by molar-refractivity contribution is 4.99. The van der Waals surface area contributed by atoms with Crippen molar-refractivity contribution in [3.8, 4) is 0 Å². The summed E-state index contributed by atoms with van der Waals surface area (Å²) >= 11 is 0. The zero-order valence-electron chi connectivity index (χ0n) is 16.2. The van der Waals surface area contributed by atoms with Gasteiger partial charge in [-0.05, 0) is 50.4 Å². The van der Waals surface area contributed by atoms with Gasteiger partial charge in [0.05, 0.1) is 6.54 Å². The van der Waals surface area contributed by atoms with Crippen LogP contribution in [0.1, 0.15) is 64.0 Å². The van der Waals surface area contributed by atoms with Crippen LogP contribution in [0.3, 0.4) is 0 Å². The molecule has 3 heterocycles. The maximum absolute atomic E-state index is 4.48. The van der Waals surface area contributed by atoms with Crippen molar-refractivity contribution >= 4 is 0 Å². The van der Waals surface area contributed by atoms with Crippen LogP contribution in [-0.2, 0) is 19.5 Å². The van der Waals surface area contributed by atoms with E-state index in [1.807, 2.05) is 0 Å². The van der Waals surface area contributed by atoms with Crippen molar-refractivity contribution in [2.75, 3.05) is 26.2 Å². The normalized spacial score (nSPS) is 29.1. The minimum absolute atomic E-state index is 0.845. The second kappa shape index (κ2) is 7.75. The maximum atomic E-state index is 4.48. The molecule has 0 unspecified atom stereocenters. The lowest BCUT2D eigenvalue weighted by Crippen LogP contribution is -2.51. The van der Waals surface area contributed by atoms with E-state index in [0.717, 1.165) is 37.4 Å². The quantitative estimate of drug-likeness (QED) is 0.841. The van der Waals surface area contributed by atoms with Gasteiger partial charge in [-0.15, -0.1) is 10.2 Å². The second-order valence-corrected chi connectivity index (χ2v) is 8.77. The summed E-state index contributed by atoms with van der Waals surface area (Å²) in [6, 6.07) is 0.845. The van der Waals surface area contributed by atoms with Gasteiger partial charge in [-0.25, -0.2) is 0 Å². The number of nitrogens with zero attached hydrogens (tertiary/aromatic N) is 5. The Balaban J connectivity index is 1.26. The first-order valence-electron chi connectivity index (χ1n) is 10.6. The highest BCUT2D eigenvalue weighted by Gasteiger charge is 2.29. The van der Waals surface area contributed by atoms with Crippen molar-refractivity contribution in [3.63, 3.8) is 0 Å². The highest BCUT2D eigenvalue weighted by atomic mass is 15.3. The molecule has 0 bridgehead atoms. The fraction of sp³-hybridized carbons (Fsp3) is 0.900. The summed E-state index contributed by atoms with van der Waals surface area (Å²) in [6.07, 6.45) is 9.38. The van der Waals surface area contributed by atoms with Gasteiger partial charge >= 0.3 is 0 Å². The van der Waals surface area contributed by atoms with Crippen molar-refractivity contribution in [2.45, 2.75) is 77.9 Å². The van der Waals surface area contributed by atoms with Crippen LogP contribution >= 0.6 is 0 Å². The number of piperazine rings is 1. The fourth-order valence-electron chi connectivity index (χ4n) is 5.11. The molecule has 0 radical (unpaired) electrons. The molecule has 0 aromatic carbocycles. The summed E-state index contributed by atoms with van der Waals surface area (Å²) < 4.78 is 2.38. The molecule has 1 aromatic rings. The monoisotopic (exact) mass is 345 g/mol. The van der Waals surface area contributed by atoms with E-state index >= 15 is 0 Å². The summed E-state index contributed by atoms with van der Waals surface area (Å²) in [4.78, 5) is 5.36. The Morgan fingerprint density at radius 1 is 0.920 bits per heavy atom. The van der Waals surface area contributed by atoms with Crippen molar-refractivity contribution < 1.29 is 0 Å². The molecule has 0 spiro atoms. The number of hydrogen-bond donors (Lipinski definition) is 0. The molecular formula is C20H35N5. The molecule has 0 N–H and O–H groups in total. The third kappa shape index (κ3) is 3.92. The summed E-state index contributed by atoms with van der Waals surface area (Å²) in [5, 5.41) is 8.89. The van der Waals surface area contributed by atoms with E-state index in [9.17, 15) is 0 Å². The minimum Gasteiger partial charge on any atom is -0.314 e. The topological polar surface area (TPSA) is 37.2 Å². The molecule has 0 amide bonds. The Labute approximate surface area is 152 Å². The summed E-state index contributed by atoms with van der Waals surface area (Å²) in [5.74, 6) is 4.24. The Kier molecular flexibility index (Phi) is 5.41. The highest BCUT2D eigenvalue weighted by Crippen LogP contribution is 2.32. The van der Waals surface area contributed by atoms with Crippen molar-refractivity contribution in [3.05, 3.63) is 11.6 Å². The molecule has 1 aromatic heterocycles. The Morgan fingerprint density at radius 2 is 1.68 bits per heavy atom. The van der Waals surface area contributed by atoms with Gasteiger partial charge < -0.3 is 4.57 Å². The first kappa shape index (κ1) is 17.5. The SMILES string of the molecule is CC(C)C1CCC(N2CCN(Cc3nnc4n3CCCC4)CC2)CC1. The first-order valence-corrected chi connectivity index (χ1v) is 10.6. The number of aryl methyl sites for hydroxylation is 1. The van der Waals surface area contributed by atoms with Crippen molar-refractivity contribution in [1.82, 2.24) is 24.6 Å². The second-order valence-electron chi connectivity index (χ2n) is 8.77. The van der Waals surface area contributed by atoms with Crippen LogP contribution in [0.15, 0.2) is 0 Å². The fourth-order valence-corrected chi connectivity index (χ4v) is 5.11. The molecule has 0 atom stereocenters. The maximum Gasteiger partial charge on any atom is 0.147 e. The van der Waals surface area contributed by atoms with Crippen LogP contribution in [0.25, 0.3) is 0 Å². The van der Waals surface area contributed by atoms with Crippen LogP contribution in [0, 0.1) is 11.8 Å². The minimum atomic E-state index is 0.845. The smallest absolute Gasteiger partial charge is 0.147 e. The largest absolute Gasteiger partial charge is 0.314 e. The molecule has 140 valence electrons. The molecule has 25 heavy (non-hydrogen) atoms. The lowest BCUT2D eigenvalue weighted by atomic mass is 9.79. The molecule has 1 saturated heterocycles. The third-order valence-corrected chi connectivity index (χ3v) is 6.91. The Bertz CT molecular complexity index is 550. The molecular weight excluding hydrogens is 310 g/mol. The summed E-state index contributed by atoms with van der Waals surface area (Å²) in [5.41, 5.74) is 0. The van der Waals surface area contributed by atoms with Gasteiger partial charge in [0.1, 0.15) is 11.6 Å². The van der Waals surface area contributed by atoms with Crippen LogP contribution in [0.2, 0.25) is 0 Å². The van der Waals surface area contributed by atoms with Gasteiger partial charge in [-0.1, -0.05) is 13.8 Å². The van der Waals surface area contributed by atoms with Gasteiger partial charge in [0.15, 0.2) is 0 Å². The summed E-state index contributed by atoms with van der Waals surface area (Å²) in [7, 11) is 0. The molecule has 3 aliphatic rings. The average Bonchev–Trinajstić information content (AvgIpc) is 3.06. The molecule has 5 nitrogen and oxygen atoms in total. The van der Waals surface area contributed by atoms with Gasteiger partial charge in [-0.3, -0.25) is 9.80 Å². The number of fused-ring (bicyclic) bond motifs is 1. The molecule has 2 aliphatic heterocycles. The zero-order valence-corrected chi connectivity index (χ0v) is 16.2. The Morgan fingerprint density at radius 3 is 2.40 bits per heavy atom. The van der Waals surface area contributed by atoms with Gasteiger partial charge in [0.2, 0.25) is 0 Å². The number of rotatable bonds is 4. The lowest BCUT2D eigenvalue weighted by molar-refractivity contribution is 0.0611. The molecule has 4 rings (SSSR count). The van der Waals surface area contributed by atoms with Gasteiger partial charge in [-0.2, -0.15) is 0 Å². The number of hydrogen-bond acceptors (Lipinski definition) is 4. The predicted octanol–water partition coefficient (Wildman–Crippen LogP) is 2.95. The van der Waals surface area contributed by atoms with E-state index in [1.165, 1.54) is 76.4 Å². The standard InChI is InChI=1S/C20H35N5/c1-16(2)17-6-8-18(9-7-17)24-13-11-23(12-14-24)15-20-22-21-19-5-3-4-10-25(19)20/h16-18H,3-15H2,1-2H3. The van der Waals surface area contributed by atoms with E-state index < -0.39 is 0 Å². The average molecular weight is 346 g/mol. The molecule has 5 heteroatoms. The van der Waals surface area contributed by atoms with Crippen LogP contribution in [0.4, 0.5) is 0 Å². The van der Waals surface area contributed by atoms with Crippen molar-refractivity contribution in [1.29, 1.82) is 0 Å². The molecule has 1 saturated carbocycles. The van der Waals surface area contributed by atoms with Gasteiger partial charge in [0, 0.05) is 45.2 Å². The zero-order chi connectivity index (χ0) is 17.2. The number of aromatic nitrogens is 3.